The van der Waals surface area contributed by atoms with Crippen LogP contribution in [0.1, 0.15) is 73.6 Å². The Balaban J connectivity index is 0.000000180. The van der Waals surface area contributed by atoms with Crippen molar-refractivity contribution in [3.05, 3.63) is 60.7 Å². The largest absolute Gasteiger partial charge is 0.491 e. The topological polar surface area (TPSA) is 43.5 Å². The summed E-state index contributed by atoms with van der Waals surface area (Å²) in [4.78, 5) is 0. The van der Waals surface area contributed by atoms with Gasteiger partial charge in [-0.3, -0.25) is 0 Å². The molecule has 0 radical (unpaired) electrons. The van der Waals surface area contributed by atoms with Crippen molar-refractivity contribution in [1.82, 2.24) is 0 Å². The Hall–Kier alpha value is -2.04. The fourth-order valence-corrected chi connectivity index (χ4v) is 5.76. The second kappa shape index (κ2) is 17.5. The molecule has 4 nitrogen and oxygen atoms in total. The zero-order valence-electron chi connectivity index (χ0n) is 22.9. The molecule has 0 aromatic heterocycles. The van der Waals surface area contributed by atoms with Crippen LogP contribution in [0.25, 0.3) is 0 Å². The van der Waals surface area contributed by atoms with Crippen LogP contribution in [0.2, 0.25) is 0 Å². The molecule has 2 aliphatic heterocycles. The maximum atomic E-state index is 5.40. The van der Waals surface area contributed by atoms with E-state index in [1.807, 2.05) is 88.4 Å². The average molecular weight is 513 g/mol. The molecule has 5 fully saturated rings. The van der Waals surface area contributed by atoms with Gasteiger partial charge in [0.15, 0.2) is 0 Å². The molecule has 3 saturated carbocycles. The van der Waals surface area contributed by atoms with Crippen molar-refractivity contribution >= 4 is 0 Å². The monoisotopic (exact) mass is 512 g/mol. The number of hydrogen-bond donors (Lipinski definition) is 0. The van der Waals surface area contributed by atoms with Crippen molar-refractivity contribution in [3.8, 4) is 11.5 Å². The summed E-state index contributed by atoms with van der Waals surface area (Å²) in [5.74, 6) is 6.64. The Labute approximate surface area is 227 Å². The first kappa shape index (κ1) is 31.2. The maximum Gasteiger partial charge on any atom is 0.119 e. The highest BCUT2D eigenvalue weighted by Gasteiger charge is 2.48. The zero-order valence-corrected chi connectivity index (χ0v) is 22.9. The number of fused-ring (bicyclic) bond motifs is 5. The van der Waals surface area contributed by atoms with Crippen LogP contribution in [0, 0.1) is 23.7 Å². The molecular weight excluding hydrogens is 460 g/mol. The van der Waals surface area contributed by atoms with Gasteiger partial charge in [-0.2, -0.15) is 0 Å². The predicted molar refractivity (Wildman–Crippen MR) is 154 cm³/mol. The fraction of sp³-hybridized carbons (Fsp3) is 0.636. The summed E-state index contributed by atoms with van der Waals surface area (Å²) in [6, 6.07) is 19.6. The van der Waals surface area contributed by atoms with E-state index in [0.717, 1.165) is 24.7 Å². The van der Waals surface area contributed by atoms with Crippen molar-refractivity contribution in [1.29, 1.82) is 0 Å². The summed E-state index contributed by atoms with van der Waals surface area (Å²) in [6.07, 6.45) is 10.2. The van der Waals surface area contributed by atoms with Crippen molar-refractivity contribution in [2.24, 2.45) is 23.7 Å². The molecular formula is C33H52O4. The number of ether oxygens (including phenoxy) is 4. The van der Waals surface area contributed by atoms with Crippen molar-refractivity contribution in [3.63, 3.8) is 0 Å². The number of hydrogen-bond acceptors (Lipinski definition) is 4. The number of epoxide rings is 2. The van der Waals surface area contributed by atoms with E-state index in [1.165, 1.54) is 23.7 Å². The summed E-state index contributed by atoms with van der Waals surface area (Å²) >= 11 is 0. The molecule has 2 aromatic rings. The van der Waals surface area contributed by atoms with E-state index in [-0.39, 0.29) is 7.43 Å². The third kappa shape index (κ3) is 10.7. The molecule has 0 N–H and O–H groups in total. The van der Waals surface area contributed by atoms with Crippen LogP contribution in [0.15, 0.2) is 60.7 Å². The van der Waals surface area contributed by atoms with Gasteiger partial charge in [0.25, 0.3) is 0 Å². The lowest BCUT2D eigenvalue weighted by Crippen LogP contribution is -2.15. The average Bonchev–Trinajstić information content (AvgIpc) is 3.83. The van der Waals surface area contributed by atoms with E-state index in [0.29, 0.717) is 25.4 Å². The van der Waals surface area contributed by atoms with E-state index in [4.69, 9.17) is 18.9 Å². The van der Waals surface area contributed by atoms with Crippen LogP contribution >= 0.6 is 0 Å². The van der Waals surface area contributed by atoms with Crippen LogP contribution in [0.5, 0.6) is 11.5 Å². The molecule has 37 heavy (non-hydrogen) atoms. The van der Waals surface area contributed by atoms with Gasteiger partial charge in [0.1, 0.15) is 36.9 Å². The second-order valence-corrected chi connectivity index (χ2v) is 9.75. The third-order valence-corrected chi connectivity index (χ3v) is 7.51. The second-order valence-electron chi connectivity index (χ2n) is 9.75. The highest BCUT2D eigenvalue weighted by molar-refractivity contribution is 5.21. The molecule has 208 valence electrons. The minimum atomic E-state index is 0. The fourth-order valence-electron chi connectivity index (χ4n) is 5.76. The Bertz CT molecular complexity index is 736. The molecule has 6 atom stereocenters. The van der Waals surface area contributed by atoms with Crippen LogP contribution in [0.4, 0.5) is 0 Å². The molecule has 3 aliphatic carbocycles. The zero-order chi connectivity index (χ0) is 25.6. The van der Waals surface area contributed by atoms with Crippen molar-refractivity contribution in [2.45, 2.75) is 85.9 Å². The normalized spacial score (nSPS) is 28.5. The minimum Gasteiger partial charge on any atom is -0.491 e. The minimum absolute atomic E-state index is 0. The molecule has 4 heteroatoms. The predicted octanol–water partition coefficient (Wildman–Crippen LogP) is 8.45. The molecule has 0 amide bonds. The van der Waals surface area contributed by atoms with Gasteiger partial charge >= 0.3 is 0 Å². The van der Waals surface area contributed by atoms with E-state index >= 15 is 0 Å². The summed E-state index contributed by atoms with van der Waals surface area (Å²) in [5.41, 5.74) is 0. The Morgan fingerprint density at radius 2 is 1.00 bits per heavy atom. The van der Waals surface area contributed by atoms with E-state index in [1.54, 1.807) is 38.5 Å². The first-order valence-corrected chi connectivity index (χ1v) is 14.4. The molecule has 2 saturated heterocycles. The van der Waals surface area contributed by atoms with Gasteiger partial charge in [-0.25, -0.2) is 0 Å². The highest BCUT2D eigenvalue weighted by atomic mass is 16.6. The molecule has 2 bridgehead atoms. The van der Waals surface area contributed by atoms with E-state index in [9.17, 15) is 0 Å². The SMILES string of the molecule is C.C1CC2C3CCC(C3)C2C1.CC.CC.c1ccc(OCC2CO2)cc1.c1ccc(OCC2CO2)cc1. The Kier molecular flexibility index (Phi) is 14.7. The van der Waals surface area contributed by atoms with Crippen LogP contribution in [-0.4, -0.2) is 38.6 Å². The number of para-hydroxylation sites is 2. The standard InChI is InChI=1S/C10H16.2C9H10O2.2C2H6.CH4/c1-2-9-7-4-5-8(6-7)10(9)3-1;2*1-2-4-8(5-3-1)10-6-9-7-11-9;2*1-2;/h7-10H,1-6H2;2*1-5,9H,6-7H2;2*1-2H3;1H4. The van der Waals surface area contributed by atoms with E-state index < -0.39 is 0 Å². The van der Waals surface area contributed by atoms with Crippen LogP contribution in [-0.2, 0) is 9.47 Å². The van der Waals surface area contributed by atoms with Gasteiger partial charge in [-0.05, 0) is 80.0 Å². The summed E-state index contributed by atoms with van der Waals surface area (Å²) in [5, 5.41) is 0. The lowest BCUT2D eigenvalue weighted by molar-refractivity contribution is 0.259. The molecule has 2 heterocycles. The van der Waals surface area contributed by atoms with Gasteiger partial charge in [0.2, 0.25) is 0 Å². The van der Waals surface area contributed by atoms with Crippen molar-refractivity contribution in [2.75, 3.05) is 26.4 Å². The maximum absolute atomic E-state index is 5.40. The lowest BCUT2D eigenvalue weighted by Gasteiger charge is -2.23. The molecule has 0 spiro atoms. The van der Waals surface area contributed by atoms with E-state index in [2.05, 4.69) is 0 Å². The Morgan fingerprint density at radius 1 is 0.622 bits per heavy atom. The smallest absolute Gasteiger partial charge is 0.119 e. The van der Waals surface area contributed by atoms with Crippen LogP contribution in [0.3, 0.4) is 0 Å². The first-order valence-electron chi connectivity index (χ1n) is 14.4. The summed E-state index contributed by atoms with van der Waals surface area (Å²) < 4.78 is 20.8. The van der Waals surface area contributed by atoms with Gasteiger partial charge in [0, 0.05) is 0 Å². The van der Waals surface area contributed by atoms with Crippen LogP contribution < -0.4 is 9.47 Å². The quantitative estimate of drug-likeness (QED) is 0.364. The number of rotatable bonds is 6. The lowest BCUT2D eigenvalue weighted by atomic mass is 9.82. The molecule has 6 unspecified atom stereocenters. The van der Waals surface area contributed by atoms with Gasteiger partial charge in [-0.1, -0.05) is 77.9 Å². The molecule has 2 aromatic carbocycles. The molecule has 7 rings (SSSR count). The van der Waals surface area contributed by atoms with Gasteiger partial charge in [0.05, 0.1) is 13.2 Å². The molecule has 5 aliphatic rings. The first-order chi connectivity index (χ1) is 17.8. The third-order valence-electron chi connectivity index (χ3n) is 7.51. The summed E-state index contributed by atoms with van der Waals surface area (Å²) in [7, 11) is 0. The van der Waals surface area contributed by atoms with Gasteiger partial charge in [-0.15, -0.1) is 0 Å². The Morgan fingerprint density at radius 3 is 1.35 bits per heavy atom. The highest BCUT2D eigenvalue weighted by Crippen LogP contribution is 2.58. The van der Waals surface area contributed by atoms with Gasteiger partial charge < -0.3 is 18.9 Å². The summed E-state index contributed by atoms with van der Waals surface area (Å²) in [6.45, 7) is 11.1. The van der Waals surface area contributed by atoms with Crippen molar-refractivity contribution < 1.29 is 18.9 Å². The number of benzene rings is 2.